The van der Waals surface area contributed by atoms with Crippen LogP contribution in [0.25, 0.3) is 0 Å². The first-order valence-electron chi connectivity index (χ1n) is 6.61. The molecule has 2 heterocycles. The van der Waals surface area contributed by atoms with Crippen molar-refractivity contribution in [3.05, 3.63) is 0 Å². The third-order valence-corrected chi connectivity index (χ3v) is 3.34. The highest BCUT2D eigenvalue weighted by atomic mass is 16.3. The van der Waals surface area contributed by atoms with E-state index in [1.54, 1.807) is 7.05 Å². The first-order chi connectivity index (χ1) is 9.13. The quantitative estimate of drug-likeness (QED) is 0.787. The van der Waals surface area contributed by atoms with Crippen molar-refractivity contribution in [3.63, 3.8) is 0 Å². The van der Waals surface area contributed by atoms with Gasteiger partial charge < -0.3 is 20.2 Å². The summed E-state index contributed by atoms with van der Waals surface area (Å²) < 4.78 is 0. The van der Waals surface area contributed by atoms with Gasteiger partial charge in [-0.25, -0.2) is 0 Å². The van der Waals surface area contributed by atoms with Crippen LogP contribution in [-0.4, -0.2) is 60.9 Å². The van der Waals surface area contributed by atoms with Crippen molar-refractivity contribution in [1.82, 2.24) is 15.0 Å². The van der Waals surface area contributed by atoms with Crippen LogP contribution in [-0.2, 0) is 0 Å². The SMILES string of the molecule is CNc1nc(N(C)C)nc(N2CCC(CCO)C2)n1. The number of nitrogens with zero attached hydrogens (tertiary/aromatic N) is 5. The molecule has 1 fully saturated rings. The fourth-order valence-corrected chi connectivity index (χ4v) is 2.24. The van der Waals surface area contributed by atoms with E-state index in [-0.39, 0.29) is 6.61 Å². The molecule has 7 heteroatoms. The topological polar surface area (TPSA) is 77.4 Å². The molecule has 0 aromatic carbocycles. The molecule has 0 bridgehead atoms. The Morgan fingerprint density at radius 2 is 2.16 bits per heavy atom. The minimum atomic E-state index is 0.250. The summed E-state index contributed by atoms with van der Waals surface area (Å²) in [4.78, 5) is 17.2. The Bertz CT molecular complexity index is 425. The van der Waals surface area contributed by atoms with E-state index in [1.165, 1.54) is 0 Å². The molecule has 2 N–H and O–H groups in total. The summed E-state index contributed by atoms with van der Waals surface area (Å²) >= 11 is 0. The normalized spacial score (nSPS) is 18.7. The lowest BCUT2D eigenvalue weighted by Crippen LogP contribution is -2.25. The molecular weight excluding hydrogens is 244 g/mol. The van der Waals surface area contributed by atoms with Crippen molar-refractivity contribution in [1.29, 1.82) is 0 Å². The molecular formula is C12H22N6O. The molecule has 7 nitrogen and oxygen atoms in total. The van der Waals surface area contributed by atoms with Crippen molar-refractivity contribution in [2.24, 2.45) is 5.92 Å². The Balaban J connectivity index is 2.17. The Kier molecular flexibility index (Phi) is 4.36. The molecule has 0 amide bonds. The van der Waals surface area contributed by atoms with Gasteiger partial charge in [0.25, 0.3) is 0 Å². The van der Waals surface area contributed by atoms with Crippen LogP contribution >= 0.6 is 0 Å². The van der Waals surface area contributed by atoms with Gasteiger partial charge in [-0.05, 0) is 18.8 Å². The van der Waals surface area contributed by atoms with Gasteiger partial charge in [-0.1, -0.05) is 0 Å². The lowest BCUT2D eigenvalue weighted by molar-refractivity contribution is 0.263. The number of aliphatic hydroxyl groups is 1. The van der Waals surface area contributed by atoms with E-state index < -0.39 is 0 Å². The second kappa shape index (κ2) is 6.01. The Morgan fingerprint density at radius 3 is 2.79 bits per heavy atom. The molecule has 0 aliphatic carbocycles. The van der Waals surface area contributed by atoms with Crippen molar-refractivity contribution in [2.75, 3.05) is 56.0 Å². The van der Waals surface area contributed by atoms with Crippen LogP contribution in [0.15, 0.2) is 0 Å². The highest BCUT2D eigenvalue weighted by Gasteiger charge is 2.25. The smallest absolute Gasteiger partial charge is 0.231 e. The fraction of sp³-hybridized carbons (Fsp3) is 0.750. The molecule has 106 valence electrons. The van der Waals surface area contributed by atoms with Crippen LogP contribution in [0, 0.1) is 5.92 Å². The molecule has 1 aliphatic rings. The van der Waals surface area contributed by atoms with Gasteiger partial charge in [-0.2, -0.15) is 15.0 Å². The molecule has 1 saturated heterocycles. The predicted octanol–water partition coefficient (Wildman–Crippen LogP) is 0.188. The summed E-state index contributed by atoms with van der Waals surface area (Å²) in [6.07, 6.45) is 1.93. The van der Waals surface area contributed by atoms with Gasteiger partial charge in [0.15, 0.2) is 0 Å². The molecule has 2 rings (SSSR count). The summed E-state index contributed by atoms with van der Waals surface area (Å²) in [6, 6.07) is 0. The Morgan fingerprint density at radius 1 is 1.37 bits per heavy atom. The monoisotopic (exact) mass is 266 g/mol. The minimum absolute atomic E-state index is 0.250. The van der Waals surface area contributed by atoms with Crippen LogP contribution in [0.4, 0.5) is 17.8 Å². The molecule has 1 aromatic heterocycles. The number of hydrogen-bond donors (Lipinski definition) is 2. The van der Waals surface area contributed by atoms with Gasteiger partial charge in [0.05, 0.1) is 0 Å². The maximum atomic E-state index is 9.01. The van der Waals surface area contributed by atoms with Gasteiger partial charge in [-0.3, -0.25) is 0 Å². The zero-order valence-corrected chi connectivity index (χ0v) is 11.8. The van der Waals surface area contributed by atoms with Crippen LogP contribution < -0.4 is 15.1 Å². The maximum absolute atomic E-state index is 9.01. The molecule has 1 aromatic rings. The number of nitrogens with one attached hydrogen (secondary N) is 1. The van der Waals surface area contributed by atoms with Gasteiger partial charge in [0, 0.05) is 40.8 Å². The van der Waals surface area contributed by atoms with E-state index in [4.69, 9.17) is 5.11 Å². The first-order valence-corrected chi connectivity index (χ1v) is 6.61. The second-order valence-electron chi connectivity index (χ2n) is 5.02. The van der Waals surface area contributed by atoms with Crippen LogP contribution in [0.2, 0.25) is 0 Å². The minimum Gasteiger partial charge on any atom is -0.396 e. The third-order valence-electron chi connectivity index (χ3n) is 3.34. The summed E-state index contributed by atoms with van der Waals surface area (Å²) in [5.41, 5.74) is 0. The molecule has 1 unspecified atom stereocenters. The van der Waals surface area contributed by atoms with Gasteiger partial charge in [0.2, 0.25) is 17.8 Å². The lowest BCUT2D eigenvalue weighted by atomic mass is 10.1. The number of rotatable bonds is 5. The van der Waals surface area contributed by atoms with E-state index in [9.17, 15) is 0 Å². The number of anilines is 3. The Labute approximate surface area is 113 Å². The molecule has 1 aliphatic heterocycles. The zero-order chi connectivity index (χ0) is 13.8. The maximum Gasteiger partial charge on any atom is 0.231 e. The summed E-state index contributed by atoms with van der Waals surface area (Å²) in [5, 5.41) is 12.0. The summed E-state index contributed by atoms with van der Waals surface area (Å²) in [7, 11) is 5.63. The molecule has 1 atom stereocenters. The van der Waals surface area contributed by atoms with Gasteiger partial charge >= 0.3 is 0 Å². The number of aromatic nitrogens is 3. The van der Waals surface area contributed by atoms with Crippen molar-refractivity contribution < 1.29 is 5.11 Å². The van der Waals surface area contributed by atoms with Crippen LogP contribution in [0.5, 0.6) is 0 Å². The highest BCUT2D eigenvalue weighted by Crippen LogP contribution is 2.24. The van der Waals surface area contributed by atoms with Crippen LogP contribution in [0.1, 0.15) is 12.8 Å². The van der Waals surface area contributed by atoms with Crippen molar-refractivity contribution in [3.8, 4) is 0 Å². The summed E-state index contributed by atoms with van der Waals surface area (Å²) in [6.45, 7) is 2.09. The van der Waals surface area contributed by atoms with Crippen molar-refractivity contribution in [2.45, 2.75) is 12.8 Å². The van der Waals surface area contributed by atoms with Gasteiger partial charge in [0.1, 0.15) is 0 Å². The van der Waals surface area contributed by atoms with Gasteiger partial charge in [-0.15, -0.1) is 0 Å². The highest BCUT2D eigenvalue weighted by molar-refractivity contribution is 5.44. The average Bonchev–Trinajstić information content (AvgIpc) is 2.87. The van der Waals surface area contributed by atoms with Crippen LogP contribution in [0.3, 0.4) is 0 Å². The van der Waals surface area contributed by atoms with E-state index in [0.29, 0.717) is 23.8 Å². The molecule has 0 radical (unpaired) electrons. The lowest BCUT2D eigenvalue weighted by Gasteiger charge is -2.19. The second-order valence-corrected chi connectivity index (χ2v) is 5.02. The predicted molar refractivity (Wildman–Crippen MR) is 75.7 cm³/mol. The number of hydrogen-bond acceptors (Lipinski definition) is 7. The van der Waals surface area contributed by atoms with E-state index in [1.807, 2.05) is 19.0 Å². The molecule has 19 heavy (non-hydrogen) atoms. The molecule has 0 spiro atoms. The largest absolute Gasteiger partial charge is 0.396 e. The Hall–Kier alpha value is -1.63. The number of aliphatic hydroxyl groups excluding tert-OH is 1. The van der Waals surface area contributed by atoms with E-state index >= 15 is 0 Å². The fourth-order valence-electron chi connectivity index (χ4n) is 2.24. The molecule has 0 saturated carbocycles. The van der Waals surface area contributed by atoms with E-state index in [2.05, 4.69) is 25.2 Å². The zero-order valence-electron chi connectivity index (χ0n) is 11.8. The van der Waals surface area contributed by atoms with Crippen molar-refractivity contribution >= 4 is 17.8 Å². The standard InChI is InChI=1S/C12H22N6O/c1-13-10-14-11(17(2)3)16-12(15-10)18-6-4-9(8-18)5-7-19/h9,19H,4-8H2,1-3H3,(H,13,14,15,16). The first kappa shape index (κ1) is 13.8. The summed E-state index contributed by atoms with van der Waals surface area (Å²) in [5.74, 6) is 2.48. The average molecular weight is 266 g/mol. The van der Waals surface area contributed by atoms with E-state index in [0.717, 1.165) is 25.9 Å². The third kappa shape index (κ3) is 3.23.